The lowest BCUT2D eigenvalue weighted by Gasteiger charge is -2.07. The molecule has 0 aliphatic heterocycles. The Kier molecular flexibility index (Phi) is 25.8. The maximum absolute atomic E-state index is 11.8. The van der Waals surface area contributed by atoms with Gasteiger partial charge in [0.05, 0.1) is 6.61 Å². The molecule has 0 rings (SSSR count). The third-order valence-corrected chi connectivity index (χ3v) is 6.69. The van der Waals surface area contributed by atoms with E-state index in [0.29, 0.717) is 13.0 Å². The fourth-order valence-corrected chi connectivity index (χ4v) is 4.09. The highest BCUT2D eigenvalue weighted by Crippen LogP contribution is 2.15. The van der Waals surface area contributed by atoms with Crippen molar-refractivity contribution in [3.05, 3.63) is 12.2 Å². The van der Waals surface area contributed by atoms with Gasteiger partial charge in [-0.05, 0) is 38.0 Å². The first kappa shape index (κ1) is 31.2. The van der Waals surface area contributed by atoms with Crippen LogP contribution in [0.4, 0.5) is 0 Å². The number of esters is 1. The van der Waals surface area contributed by atoms with Gasteiger partial charge in [-0.1, -0.05) is 136 Å². The minimum Gasteiger partial charge on any atom is -0.466 e. The molecule has 0 aromatic rings. The molecule has 2 heteroatoms. The number of hydrogen-bond acceptors (Lipinski definition) is 2. The molecule has 0 aliphatic rings. The normalized spacial score (nSPS) is 12.5. The fraction of sp³-hybridized carbons (Fsp3) is 0.900. The first-order valence-corrected chi connectivity index (χ1v) is 14.5. The van der Waals surface area contributed by atoms with Crippen LogP contribution in [0.3, 0.4) is 0 Å². The van der Waals surface area contributed by atoms with Crippen molar-refractivity contribution in [1.29, 1.82) is 0 Å². The van der Waals surface area contributed by atoms with Crippen molar-refractivity contribution in [2.45, 2.75) is 162 Å². The summed E-state index contributed by atoms with van der Waals surface area (Å²) in [5.41, 5.74) is 0. The summed E-state index contributed by atoms with van der Waals surface area (Å²) in [6, 6.07) is 0. The van der Waals surface area contributed by atoms with Crippen LogP contribution in [0, 0.1) is 5.92 Å². The average Bonchev–Trinajstić information content (AvgIpc) is 2.80. The van der Waals surface area contributed by atoms with E-state index in [4.69, 9.17) is 4.74 Å². The van der Waals surface area contributed by atoms with Crippen LogP contribution in [0.2, 0.25) is 0 Å². The van der Waals surface area contributed by atoms with E-state index < -0.39 is 0 Å². The van der Waals surface area contributed by atoms with Gasteiger partial charge in [-0.25, -0.2) is 0 Å². The van der Waals surface area contributed by atoms with E-state index in [-0.39, 0.29) is 5.97 Å². The summed E-state index contributed by atoms with van der Waals surface area (Å²) in [6.45, 7) is 7.54. The molecule has 32 heavy (non-hydrogen) atoms. The maximum Gasteiger partial charge on any atom is 0.305 e. The summed E-state index contributed by atoms with van der Waals surface area (Å²) in [5, 5.41) is 0. The predicted octanol–water partition coefficient (Wildman–Crippen LogP) is 10.3. The zero-order chi connectivity index (χ0) is 23.5. The fourth-order valence-electron chi connectivity index (χ4n) is 4.09. The Hall–Kier alpha value is -0.790. The van der Waals surface area contributed by atoms with Gasteiger partial charge in [-0.15, -0.1) is 0 Å². The number of unbranched alkanes of at least 4 members (excludes halogenated alkanes) is 16. The van der Waals surface area contributed by atoms with Gasteiger partial charge in [0.2, 0.25) is 0 Å². The number of carbonyl (C=O) groups excluding carboxylic acids is 1. The second kappa shape index (κ2) is 26.5. The monoisotopic (exact) mass is 450 g/mol. The Balaban J connectivity index is 3.20. The van der Waals surface area contributed by atoms with Crippen LogP contribution in [0.25, 0.3) is 0 Å². The molecule has 0 saturated carbocycles. The Morgan fingerprint density at radius 2 is 1.16 bits per heavy atom. The van der Waals surface area contributed by atoms with E-state index in [2.05, 4.69) is 32.9 Å². The minimum absolute atomic E-state index is 0.0113. The topological polar surface area (TPSA) is 26.3 Å². The number of allylic oxidation sites excluding steroid dienone is 2. The first-order chi connectivity index (χ1) is 15.7. The van der Waals surface area contributed by atoms with Gasteiger partial charge >= 0.3 is 5.97 Å². The van der Waals surface area contributed by atoms with Gasteiger partial charge in [-0.3, -0.25) is 4.79 Å². The molecule has 0 spiro atoms. The molecule has 0 N–H and O–H groups in total. The average molecular weight is 451 g/mol. The van der Waals surface area contributed by atoms with Crippen LogP contribution >= 0.6 is 0 Å². The van der Waals surface area contributed by atoms with E-state index in [9.17, 15) is 4.79 Å². The van der Waals surface area contributed by atoms with Crippen molar-refractivity contribution >= 4 is 5.97 Å². The minimum atomic E-state index is 0.0113. The molecule has 0 aliphatic carbocycles. The molecular weight excluding hydrogens is 392 g/mol. The summed E-state index contributed by atoms with van der Waals surface area (Å²) in [7, 11) is 0. The Morgan fingerprint density at radius 3 is 1.75 bits per heavy atom. The van der Waals surface area contributed by atoms with Crippen molar-refractivity contribution in [3.8, 4) is 0 Å². The summed E-state index contributed by atoms with van der Waals surface area (Å²) in [6.07, 6.45) is 32.3. The number of carbonyl (C=O) groups is 1. The van der Waals surface area contributed by atoms with Gasteiger partial charge in [0.25, 0.3) is 0 Å². The number of hydrogen-bond donors (Lipinski definition) is 0. The standard InChI is InChI=1S/C30H58O2/c1-4-6-7-8-9-10-11-15-18-21-24-27-30(31)32-28-25-22-19-16-13-12-14-17-20-23-26-29(3)5-2/h8-9,29H,4-7,10-28H2,1-3H3/b9-8-. The summed E-state index contributed by atoms with van der Waals surface area (Å²) in [5.74, 6) is 0.925. The van der Waals surface area contributed by atoms with Crippen molar-refractivity contribution in [1.82, 2.24) is 0 Å². The SMILES string of the molecule is CCCC/C=C\CCCCCCCC(=O)OCCCCCCCCCCCCC(C)CC. The molecule has 0 amide bonds. The molecule has 0 aromatic heterocycles. The highest BCUT2D eigenvalue weighted by molar-refractivity contribution is 5.69. The molecule has 1 unspecified atom stereocenters. The third kappa shape index (κ3) is 25.5. The van der Waals surface area contributed by atoms with Gasteiger partial charge < -0.3 is 4.74 Å². The molecule has 0 heterocycles. The number of rotatable bonds is 25. The molecule has 0 bridgehead atoms. The van der Waals surface area contributed by atoms with E-state index in [1.165, 1.54) is 116 Å². The van der Waals surface area contributed by atoms with E-state index >= 15 is 0 Å². The second-order valence-corrected chi connectivity index (χ2v) is 9.98. The van der Waals surface area contributed by atoms with Crippen LogP contribution in [0.1, 0.15) is 162 Å². The summed E-state index contributed by atoms with van der Waals surface area (Å²) < 4.78 is 5.39. The van der Waals surface area contributed by atoms with Crippen molar-refractivity contribution in [3.63, 3.8) is 0 Å². The van der Waals surface area contributed by atoms with Gasteiger partial charge in [0.15, 0.2) is 0 Å². The largest absolute Gasteiger partial charge is 0.466 e. The quantitative estimate of drug-likeness (QED) is 0.0785. The molecule has 0 saturated heterocycles. The molecule has 190 valence electrons. The van der Waals surface area contributed by atoms with Crippen LogP contribution < -0.4 is 0 Å². The highest BCUT2D eigenvalue weighted by Gasteiger charge is 2.02. The highest BCUT2D eigenvalue weighted by atomic mass is 16.5. The summed E-state index contributed by atoms with van der Waals surface area (Å²) in [4.78, 5) is 11.8. The van der Waals surface area contributed by atoms with Gasteiger partial charge in [0, 0.05) is 6.42 Å². The van der Waals surface area contributed by atoms with Crippen LogP contribution in [0.5, 0.6) is 0 Å². The van der Waals surface area contributed by atoms with E-state index in [0.717, 1.165) is 25.2 Å². The van der Waals surface area contributed by atoms with Crippen molar-refractivity contribution in [2.24, 2.45) is 5.92 Å². The molecule has 0 aromatic carbocycles. The van der Waals surface area contributed by atoms with Crippen LogP contribution in [0.15, 0.2) is 12.2 Å². The van der Waals surface area contributed by atoms with E-state index in [1.807, 2.05) is 0 Å². The second-order valence-electron chi connectivity index (χ2n) is 9.98. The maximum atomic E-state index is 11.8. The smallest absolute Gasteiger partial charge is 0.305 e. The molecule has 1 atom stereocenters. The zero-order valence-corrected chi connectivity index (χ0v) is 22.3. The Bertz CT molecular complexity index is 402. The lowest BCUT2D eigenvalue weighted by Crippen LogP contribution is -2.05. The molecule has 0 radical (unpaired) electrons. The van der Waals surface area contributed by atoms with Gasteiger partial charge in [-0.2, -0.15) is 0 Å². The predicted molar refractivity (Wildman–Crippen MR) is 142 cm³/mol. The first-order valence-electron chi connectivity index (χ1n) is 14.5. The lowest BCUT2D eigenvalue weighted by molar-refractivity contribution is -0.143. The van der Waals surface area contributed by atoms with Crippen molar-refractivity contribution in [2.75, 3.05) is 6.61 Å². The molecule has 2 nitrogen and oxygen atoms in total. The van der Waals surface area contributed by atoms with Gasteiger partial charge in [0.1, 0.15) is 0 Å². The van der Waals surface area contributed by atoms with Crippen LogP contribution in [-0.4, -0.2) is 12.6 Å². The number of ether oxygens (including phenoxy) is 1. The van der Waals surface area contributed by atoms with E-state index in [1.54, 1.807) is 0 Å². The summed E-state index contributed by atoms with van der Waals surface area (Å²) >= 11 is 0. The third-order valence-electron chi connectivity index (χ3n) is 6.69. The molecular formula is C30H58O2. The van der Waals surface area contributed by atoms with Crippen molar-refractivity contribution < 1.29 is 9.53 Å². The Labute approximate surface area is 202 Å². The lowest BCUT2D eigenvalue weighted by atomic mass is 9.99. The zero-order valence-electron chi connectivity index (χ0n) is 22.3. The Morgan fingerprint density at radius 1 is 0.656 bits per heavy atom. The van der Waals surface area contributed by atoms with Crippen LogP contribution in [-0.2, 0) is 9.53 Å². The molecule has 0 fully saturated rings.